The highest BCUT2D eigenvalue weighted by molar-refractivity contribution is 7.17. The lowest BCUT2D eigenvalue weighted by Crippen LogP contribution is -2.13. The highest BCUT2D eigenvalue weighted by Crippen LogP contribution is 2.43. The number of thiophene rings is 1. The Bertz CT molecular complexity index is 927. The van der Waals surface area contributed by atoms with Crippen molar-refractivity contribution in [3.05, 3.63) is 27.9 Å². The first-order valence-electron chi connectivity index (χ1n) is 9.35. The van der Waals surface area contributed by atoms with Gasteiger partial charge in [-0.25, -0.2) is 4.79 Å². The molecule has 2 aliphatic rings. The normalized spacial score (nSPS) is 15.3. The van der Waals surface area contributed by atoms with E-state index < -0.39 is 6.16 Å². The van der Waals surface area contributed by atoms with E-state index in [1.165, 1.54) is 0 Å². The summed E-state index contributed by atoms with van der Waals surface area (Å²) >= 11 is 1.55. The maximum absolute atomic E-state index is 12.6. The quantitative estimate of drug-likeness (QED) is 0.666. The second-order valence-electron chi connectivity index (χ2n) is 6.98. The van der Waals surface area contributed by atoms with Gasteiger partial charge >= 0.3 is 6.16 Å². The zero-order valence-corrected chi connectivity index (χ0v) is 17.0. The van der Waals surface area contributed by atoms with Gasteiger partial charge in [-0.15, -0.1) is 11.3 Å². The van der Waals surface area contributed by atoms with Gasteiger partial charge in [0.25, 0.3) is 11.8 Å². The molecule has 3 heterocycles. The highest BCUT2D eigenvalue weighted by Gasteiger charge is 2.28. The van der Waals surface area contributed by atoms with Gasteiger partial charge in [-0.2, -0.15) is 4.98 Å². The smallest absolute Gasteiger partial charge is 0.450 e. The van der Waals surface area contributed by atoms with Crippen molar-refractivity contribution in [3.8, 4) is 11.5 Å². The summed E-state index contributed by atoms with van der Waals surface area (Å²) in [7, 11) is 0. The molecule has 29 heavy (non-hydrogen) atoms. The summed E-state index contributed by atoms with van der Waals surface area (Å²) < 4.78 is 11.1. The zero-order chi connectivity index (χ0) is 21.0. The third-order valence-corrected chi connectivity index (χ3v) is 5.67. The van der Waals surface area contributed by atoms with Crippen LogP contribution in [0.2, 0.25) is 0 Å². The van der Waals surface area contributed by atoms with E-state index in [1.807, 2.05) is 19.9 Å². The number of aromatic nitrogens is 2. The molecule has 3 N–H and O–H groups in total. The Balaban J connectivity index is 0.000000552. The zero-order valence-electron chi connectivity index (χ0n) is 16.2. The van der Waals surface area contributed by atoms with Crippen LogP contribution in [-0.4, -0.2) is 39.0 Å². The number of ether oxygens (including phenoxy) is 1. The molecule has 0 saturated carbocycles. The molecule has 1 amide bonds. The number of carbonyl (C=O) groups is 2. The van der Waals surface area contributed by atoms with E-state index in [-0.39, 0.29) is 11.8 Å². The van der Waals surface area contributed by atoms with E-state index in [0.29, 0.717) is 24.9 Å². The number of nitrogens with zero attached hydrogens (tertiary/aromatic N) is 2. The summed E-state index contributed by atoms with van der Waals surface area (Å²) in [5.41, 5.74) is 2.89. The van der Waals surface area contributed by atoms with Gasteiger partial charge in [-0.3, -0.25) is 4.79 Å². The van der Waals surface area contributed by atoms with Gasteiger partial charge in [0.1, 0.15) is 5.00 Å². The first-order chi connectivity index (χ1) is 13.9. The molecule has 0 unspecified atom stereocenters. The van der Waals surface area contributed by atoms with Gasteiger partial charge in [-0.05, 0) is 31.2 Å². The average molecular weight is 421 g/mol. The number of carboxylic acid groups (broad SMARTS) is 2. The molecule has 0 bridgehead atoms. The number of hydrogen-bond acceptors (Lipinski definition) is 7. The molecule has 2 aromatic rings. The number of amides is 1. The summed E-state index contributed by atoms with van der Waals surface area (Å²) in [6.45, 7) is 5.29. The number of hydrogen-bond donors (Lipinski definition) is 3. The minimum Gasteiger partial charge on any atom is -0.450 e. The minimum atomic E-state index is -1.83. The Labute approximate surface area is 171 Å². The van der Waals surface area contributed by atoms with Crippen LogP contribution in [0.1, 0.15) is 55.3 Å². The van der Waals surface area contributed by atoms with Gasteiger partial charge in [0.05, 0.1) is 18.8 Å². The molecule has 1 aliphatic carbocycles. The molecule has 1 aliphatic heterocycles. The van der Waals surface area contributed by atoms with E-state index in [2.05, 4.69) is 15.5 Å². The fraction of sp³-hybridized carbons (Fsp3) is 0.474. The van der Waals surface area contributed by atoms with E-state index >= 15 is 0 Å². The molecule has 0 fully saturated rings. The summed E-state index contributed by atoms with van der Waals surface area (Å²) in [6, 6.07) is 0. The highest BCUT2D eigenvalue weighted by atomic mass is 32.1. The molecule has 2 aromatic heterocycles. The van der Waals surface area contributed by atoms with Crippen LogP contribution in [0.25, 0.3) is 11.5 Å². The summed E-state index contributed by atoms with van der Waals surface area (Å²) in [5.74, 6) is 1.33. The molecule has 0 atom stereocenters. The standard InChI is InChI=1S/C18H21N3O3S.CH2O3/c1-10(2)15-19-17(24-21-15)14-12-7-8-23-9-13(12)25-18(14)20-16(22)11-5-3-4-6-11;2-1(3)4/h5,10H,3-4,6-9H2,1-2H3,(H,20,22);(H2,2,3,4). The van der Waals surface area contributed by atoms with Crippen molar-refractivity contribution in [2.24, 2.45) is 0 Å². The topological polar surface area (TPSA) is 135 Å². The number of fused-ring (bicyclic) bond motifs is 1. The SMILES string of the molecule is CC(C)c1noc(-c2c(NC(=O)C3=CCCC3)sc3c2CCOC3)n1.O=C(O)O. The van der Waals surface area contributed by atoms with Gasteiger partial charge in [0.2, 0.25) is 0 Å². The number of allylic oxidation sites excluding steroid dienone is 1. The van der Waals surface area contributed by atoms with Crippen LogP contribution in [-0.2, 0) is 22.6 Å². The lowest BCUT2D eigenvalue weighted by Gasteiger charge is -2.12. The number of carbonyl (C=O) groups excluding carboxylic acids is 1. The Morgan fingerprint density at radius 1 is 1.28 bits per heavy atom. The van der Waals surface area contributed by atoms with Crippen molar-refractivity contribution >= 4 is 28.4 Å². The van der Waals surface area contributed by atoms with Crippen molar-refractivity contribution in [1.29, 1.82) is 0 Å². The first kappa shape index (κ1) is 21.0. The molecule has 4 rings (SSSR count). The largest absolute Gasteiger partial charge is 0.503 e. The fourth-order valence-electron chi connectivity index (χ4n) is 3.18. The van der Waals surface area contributed by atoms with Gasteiger partial charge in [0.15, 0.2) is 5.82 Å². The number of rotatable bonds is 4. The molecule has 10 heteroatoms. The van der Waals surface area contributed by atoms with E-state index in [4.69, 9.17) is 24.3 Å². The molecule has 0 spiro atoms. The summed E-state index contributed by atoms with van der Waals surface area (Å²) in [4.78, 5) is 26.8. The van der Waals surface area contributed by atoms with Crippen LogP contribution < -0.4 is 5.32 Å². The van der Waals surface area contributed by atoms with Crippen molar-refractivity contribution < 1.29 is 29.1 Å². The minimum absolute atomic E-state index is 0.0261. The van der Waals surface area contributed by atoms with Crippen molar-refractivity contribution in [2.45, 2.75) is 52.1 Å². The number of nitrogens with one attached hydrogen (secondary N) is 1. The lowest BCUT2D eigenvalue weighted by atomic mass is 10.1. The van der Waals surface area contributed by atoms with E-state index in [9.17, 15) is 4.79 Å². The maximum Gasteiger partial charge on any atom is 0.503 e. The third-order valence-electron chi connectivity index (χ3n) is 4.55. The molecule has 0 aromatic carbocycles. The van der Waals surface area contributed by atoms with Crippen molar-refractivity contribution in [2.75, 3.05) is 11.9 Å². The van der Waals surface area contributed by atoms with Gasteiger partial charge < -0.3 is 24.8 Å². The Morgan fingerprint density at radius 2 is 2.03 bits per heavy atom. The lowest BCUT2D eigenvalue weighted by molar-refractivity contribution is -0.112. The first-order valence-corrected chi connectivity index (χ1v) is 10.2. The molecule has 9 nitrogen and oxygen atoms in total. The van der Waals surface area contributed by atoms with Crippen LogP contribution >= 0.6 is 11.3 Å². The molecule has 0 saturated heterocycles. The van der Waals surface area contributed by atoms with Crippen LogP contribution in [0.5, 0.6) is 0 Å². The number of anilines is 1. The van der Waals surface area contributed by atoms with E-state index in [1.54, 1.807) is 11.3 Å². The fourth-order valence-corrected chi connectivity index (χ4v) is 4.35. The Hall–Kier alpha value is -2.72. The Kier molecular flexibility index (Phi) is 6.65. The van der Waals surface area contributed by atoms with Crippen molar-refractivity contribution in [1.82, 2.24) is 10.1 Å². The third kappa shape index (κ3) is 5.01. The molecular weight excluding hydrogens is 398 g/mol. The van der Waals surface area contributed by atoms with Gasteiger partial charge in [-0.1, -0.05) is 25.1 Å². The van der Waals surface area contributed by atoms with Crippen molar-refractivity contribution in [3.63, 3.8) is 0 Å². The molecule has 156 valence electrons. The Morgan fingerprint density at radius 3 is 2.66 bits per heavy atom. The monoisotopic (exact) mass is 421 g/mol. The van der Waals surface area contributed by atoms with Crippen LogP contribution in [0.3, 0.4) is 0 Å². The predicted octanol–water partition coefficient (Wildman–Crippen LogP) is 4.27. The van der Waals surface area contributed by atoms with E-state index in [0.717, 1.165) is 52.3 Å². The second-order valence-corrected chi connectivity index (χ2v) is 8.09. The second kappa shape index (κ2) is 9.19. The van der Waals surface area contributed by atoms with Crippen LogP contribution in [0, 0.1) is 0 Å². The average Bonchev–Trinajstić information content (AvgIpc) is 3.40. The van der Waals surface area contributed by atoms with Gasteiger partial charge in [0, 0.05) is 16.4 Å². The summed E-state index contributed by atoms with van der Waals surface area (Å²) in [6.07, 6.45) is 3.85. The molecular formula is C19H23N3O6S. The maximum atomic E-state index is 12.6. The predicted molar refractivity (Wildman–Crippen MR) is 106 cm³/mol. The van der Waals surface area contributed by atoms with Crippen LogP contribution in [0.15, 0.2) is 16.2 Å². The summed E-state index contributed by atoms with van der Waals surface area (Å²) in [5, 5.41) is 21.9. The van der Waals surface area contributed by atoms with Crippen LogP contribution in [0.4, 0.5) is 9.80 Å². The molecule has 0 radical (unpaired) electrons.